The first kappa shape index (κ1) is 21.7. The number of piperidine rings is 1. The number of rotatable bonds is 5. The zero-order valence-electron chi connectivity index (χ0n) is 18.3. The van der Waals surface area contributed by atoms with Crippen LogP contribution in [0, 0.1) is 0 Å². The van der Waals surface area contributed by atoms with Crippen molar-refractivity contribution in [2.75, 3.05) is 19.6 Å². The van der Waals surface area contributed by atoms with E-state index in [1.165, 1.54) is 5.56 Å². The summed E-state index contributed by atoms with van der Waals surface area (Å²) in [5, 5.41) is 2.91. The number of hydrogen-bond acceptors (Lipinski definition) is 4. The molecule has 0 spiro atoms. The fourth-order valence-electron chi connectivity index (χ4n) is 4.22. The van der Waals surface area contributed by atoms with Crippen LogP contribution in [0.15, 0.2) is 48.5 Å². The molecule has 1 N–H and O–H groups in total. The van der Waals surface area contributed by atoms with Gasteiger partial charge in [-0.05, 0) is 48.6 Å². The topological polar surface area (TPSA) is 86.8 Å². The molecule has 166 valence electrons. The predicted octanol–water partition coefficient (Wildman–Crippen LogP) is 2.83. The normalized spacial score (nSPS) is 16.5. The second kappa shape index (κ2) is 8.94. The summed E-state index contributed by atoms with van der Waals surface area (Å²) in [5.41, 5.74) is 2.53. The molecule has 0 aromatic heterocycles. The Bertz CT molecular complexity index is 1020. The maximum absolute atomic E-state index is 12.8. The third-order valence-corrected chi connectivity index (χ3v) is 6.15. The summed E-state index contributed by atoms with van der Waals surface area (Å²) in [6.07, 6.45) is 1.26. The van der Waals surface area contributed by atoms with E-state index in [1.54, 1.807) is 29.2 Å². The molecule has 0 unspecified atom stereocenters. The molecule has 7 heteroatoms. The highest BCUT2D eigenvalue weighted by atomic mass is 16.2. The standard InChI is InChI=1S/C25H27N3O4/c1-16(2)17-7-9-18(10-8-17)23(30)27-13-11-19(12-14-27)26-22(29)15-28-24(31)20-5-3-4-6-21(20)25(28)32/h3-10,16,19H,11-15H2,1-2H3,(H,26,29). The monoisotopic (exact) mass is 433 g/mol. The molecular formula is C25H27N3O4. The predicted molar refractivity (Wildman–Crippen MR) is 119 cm³/mol. The SMILES string of the molecule is CC(C)c1ccc(C(=O)N2CCC(NC(=O)CN3C(=O)c4ccccc4C3=O)CC2)cc1. The maximum Gasteiger partial charge on any atom is 0.262 e. The third-order valence-electron chi connectivity index (χ3n) is 6.15. The van der Waals surface area contributed by atoms with Crippen molar-refractivity contribution in [3.63, 3.8) is 0 Å². The molecule has 32 heavy (non-hydrogen) atoms. The van der Waals surface area contributed by atoms with Gasteiger partial charge in [-0.15, -0.1) is 0 Å². The third kappa shape index (κ3) is 4.28. The van der Waals surface area contributed by atoms with Crippen LogP contribution in [0.4, 0.5) is 0 Å². The van der Waals surface area contributed by atoms with Gasteiger partial charge in [-0.2, -0.15) is 0 Å². The van der Waals surface area contributed by atoms with Crippen molar-refractivity contribution in [2.24, 2.45) is 0 Å². The first-order valence-electron chi connectivity index (χ1n) is 11.0. The van der Waals surface area contributed by atoms with Gasteiger partial charge < -0.3 is 10.2 Å². The van der Waals surface area contributed by atoms with E-state index in [-0.39, 0.29) is 24.4 Å². The van der Waals surface area contributed by atoms with Gasteiger partial charge in [-0.3, -0.25) is 24.1 Å². The van der Waals surface area contributed by atoms with Crippen molar-refractivity contribution in [3.8, 4) is 0 Å². The van der Waals surface area contributed by atoms with Gasteiger partial charge in [-0.1, -0.05) is 38.1 Å². The average molecular weight is 434 g/mol. The van der Waals surface area contributed by atoms with Crippen molar-refractivity contribution < 1.29 is 19.2 Å². The van der Waals surface area contributed by atoms with Crippen LogP contribution in [-0.2, 0) is 4.79 Å². The first-order chi connectivity index (χ1) is 15.3. The minimum atomic E-state index is -0.440. The van der Waals surface area contributed by atoms with E-state index in [0.717, 1.165) is 4.90 Å². The summed E-state index contributed by atoms with van der Waals surface area (Å²) in [6.45, 7) is 5.02. The second-order valence-electron chi connectivity index (χ2n) is 8.65. The summed E-state index contributed by atoms with van der Waals surface area (Å²) >= 11 is 0. The van der Waals surface area contributed by atoms with Crippen LogP contribution in [0.1, 0.15) is 69.2 Å². The second-order valence-corrected chi connectivity index (χ2v) is 8.65. The summed E-state index contributed by atoms with van der Waals surface area (Å²) in [7, 11) is 0. The van der Waals surface area contributed by atoms with E-state index in [4.69, 9.17) is 0 Å². The number of carbonyl (C=O) groups is 4. The first-order valence-corrected chi connectivity index (χ1v) is 11.0. The molecule has 7 nitrogen and oxygen atoms in total. The van der Waals surface area contributed by atoms with Crippen molar-refractivity contribution >= 4 is 23.6 Å². The highest BCUT2D eigenvalue weighted by Crippen LogP contribution is 2.22. The lowest BCUT2D eigenvalue weighted by Gasteiger charge is -2.32. The van der Waals surface area contributed by atoms with Gasteiger partial charge in [0.15, 0.2) is 0 Å². The Morgan fingerprint density at radius 2 is 1.50 bits per heavy atom. The number of fused-ring (bicyclic) bond motifs is 1. The number of amides is 4. The molecule has 0 bridgehead atoms. The molecule has 2 aliphatic heterocycles. The zero-order valence-corrected chi connectivity index (χ0v) is 18.3. The number of benzene rings is 2. The molecule has 1 saturated heterocycles. The van der Waals surface area contributed by atoms with Crippen LogP contribution in [0.2, 0.25) is 0 Å². The van der Waals surface area contributed by atoms with E-state index >= 15 is 0 Å². The molecule has 2 aromatic carbocycles. The van der Waals surface area contributed by atoms with E-state index in [0.29, 0.717) is 48.5 Å². The van der Waals surface area contributed by atoms with Crippen LogP contribution in [0.25, 0.3) is 0 Å². The van der Waals surface area contributed by atoms with E-state index < -0.39 is 11.8 Å². The van der Waals surface area contributed by atoms with E-state index in [2.05, 4.69) is 19.2 Å². The maximum atomic E-state index is 12.8. The minimum Gasteiger partial charge on any atom is -0.352 e. The highest BCUT2D eigenvalue weighted by molar-refractivity contribution is 6.22. The van der Waals surface area contributed by atoms with Crippen LogP contribution < -0.4 is 5.32 Å². The fraction of sp³-hybridized carbons (Fsp3) is 0.360. The van der Waals surface area contributed by atoms with Crippen LogP contribution in [0.3, 0.4) is 0 Å². The van der Waals surface area contributed by atoms with Gasteiger partial charge in [0.25, 0.3) is 17.7 Å². The Labute approximate surface area is 187 Å². The van der Waals surface area contributed by atoms with Gasteiger partial charge in [0.1, 0.15) is 6.54 Å². The molecule has 1 fully saturated rings. The minimum absolute atomic E-state index is 0.00360. The number of nitrogens with one attached hydrogen (secondary N) is 1. The highest BCUT2D eigenvalue weighted by Gasteiger charge is 2.36. The van der Waals surface area contributed by atoms with Gasteiger partial charge in [0.2, 0.25) is 5.91 Å². The van der Waals surface area contributed by atoms with E-state index in [9.17, 15) is 19.2 Å². The molecule has 0 saturated carbocycles. The molecule has 0 atom stereocenters. The molecular weight excluding hydrogens is 406 g/mol. The summed E-state index contributed by atoms with van der Waals surface area (Å²) in [5.74, 6) is -0.835. The van der Waals surface area contributed by atoms with Crippen molar-refractivity contribution in [2.45, 2.75) is 38.6 Å². The molecule has 4 amide bonds. The van der Waals surface area contributed by atoms with Crippen LogP contribution >= 0.6 is 0 Å². The van der Waals surface area contributed by atoms with E-state index in [1.807, 2.05) is 24.3 Å². The van der Waals surface area contributed by atoms with Gasteiger partial charge in [0, 0.05) is 24.7 Å². The number of nitrogens with zero attached hydrogens (tertiary/aromatic N) is 2. The Morgan fingerprint density at radius 3 is 2.03 bits per heavy atom. The molecule has 2 aliphatic rings. The lowest BCUT2D eigenvalue weighted by atomic mass is 10.0. The largest absolute Gasteiger partial charge is 0.352 e. The molecule has 2 heterocycles. The smallest absolute Gasteiger partial charge is 0.262 e. The van der Waals surface area contributed by atoms with Crippen molar-refractivity contribution in [3.05, 3.63) is 70.8 Å². The summed E-state index contributed by atoms with van der Waals surface area (Å²) in [6, 6.07) is 14.2. The molecule has 0 radical (unpaired) electrons. The van der Waals surface area contributed by atoms with Gasteiger partial charge >= 0.3 is 0 Å². The Kier molecular flexibility index (Phi) is 6.08. The zero-order chi connectivity index (χ0) is 22.8. The van der Waals surface area contributed by atoms with Crippen LogP contribution in [0.5, 0.6) is 0 Å². The van der Waals surface area contributed by atoms with Crippen molar-refractivity contribution in [1.29, 1.82) is 0 Å². The van der Waals surface area contributed by atoms with Crippen LogP contribution in [-0.4, -0.2) is 59.1 Å². The summed E-state index contributed by atoms with van der Waals surface area (Å²) < 4.78 is 0. The molecule has 4 rings (SSSR count). The molecule has 2 aromatic rings. The van der Waals surface area contributed by atoms with Gasteiger partial charge in [-0.25, -0.2) is 0 Å². The van der Waals surface area contributed by atoms with Gasteiger partial charge in [0.05, 0.1) is 11.1 Å². The molecule has 0 aliphatic carbocycles. The van der Waals surface area contributed by atoms with Crippen molar-refractivity contribution in [1.82, 2.24) is 15.1 Å². The Morgan fingerprint density at radius 1 is 0.938 bits per heavy atom. The lowest BCUT2D eigenvalue weighted by molar-refractivity contribution is -0.122. The number of hydrogen-bond donors (Lipinski definition) is 1. The number of imide groups is 1. The average Bonchev–Trinajstić information content (AvgIpc) is 3.04. The number of likely N-dealkylation sites (tertiary alicyclic amines) is 1. The quantitative estimate of drug-likeness (QED) is 0.735. The summed E-state index contributed by atoms with van der Waals surface area (Å²) in [4.78, 5) is 52.9. The Balaban J connectivity index is 1.28. The number of carbonyl (C=O) groups excluding carboxylic acids is 4. The lowest BCUT2D eigenvalue weighted by Crippen LogP contribution is -2.49. The fourth-order valence-corrected chi connectivity index (χ4v) is 4.22. The Hall–Kier alpha value is -3.48.